The number of hydrogen-bond acceptors (Lipinski definition) is 6. The number of thioether (sulfide) groups is 1. The predicted octanol–water partition coefficient (Wildman–Crippen LogP) is 4.43. The van der Waals surface area contributed by atoms with Crippen LogP contribution in [-0.4, -0.2) is 38.6 Å². The number of hydrogen-bond donors (Lipinski definition) is 1. The van der Waals surface area contributed by atoms with E-state index in [1.165, 1.54) is 0 Å². The summed E-state index contributed by atoms with van der Waals surface area (Å²) in [5.41, 5.74) is 1.81. The molecule has 136 valence electrons. The second kappa shape index (κ2) is 7.00. The molecule has 1 aromatic carbocycles. The number of rotatable bonds is 4. The molecule has 1 N–H and O–H groups in total. The van der Waals surface area contributed by atoms with Crippen LogP contribution in [0.15, 0.2) is 41.5 Å². The Bertz CT molecular complexity index is 846. The number of fused-ring (bicyclic) bond motifs is 1. The minimum atomic E-state index is -0.136. The Kier molecular flexibility index (Phi) is 4.71. The van der Waals surface area contributed by atoms with Gasteiger partial charge < -0.3 is 14.7 Å². The molecular formula is C19H20ClN3O2S. The van der Waals surface area contributed by atoms with E-state index in [1.54, 1.807) is 24.0 Å². The lowest BCUT2D eigenvalue weighted by atomic mass is 9.96. The third-order valence-corrected chi connectivity index (χ3v) is 6.01. The largest absolute Gasteiger partial charge is 0.504 e. The fraction of sp³-hybridized carbons (Fsp3) is 0.368. The number of aromatic hydroxyl groups is 1. The highest BCUT2D eigenvalue weighted by atomic mass is 35.5. The zero-order valence-corrected chi connectivity index (χ0v) is 16.2. The van der Waals surface area contributed by atoms with Gasteiger partial charge in [-0.15, -0.1) is 0 Å². The van der Waals surface area contributed by atoms with Gasteiger partial charge in [-0.2, -0.15) is 0 Å². The van der Waals surface area contributed by atoms with Crippen molar-refractivity contribution in [1.29, 1.82) is 0 Å². The van der Waals surface area contributed by atoms with Crippen LogP contribution >= 0.6 is 23.4 Å². The van der Waals surface area contributed by atoms with Crippen molar-refractivity contribution in [3.8, 4) is 11.5 Å². The number of aliphatic imine (C=N–C) groups is 1. The molecule has 1 aromatic heterocycles. The van der Waals surface area contributed by atoms with Crippen LogP contribution in [0.5, 0.6) is 11.5 Å². The molecule has 0 aliphatic carbocycles. The van der Waals surface area contributed by atoms with Gasteiger partial charge in [0.1, 0.15) is 6.04 Å². The van der Waals surface area contributed by atoms with E-state index in [-0.39, 0.29) is 17.8 Å². The van der Waals surface area contributed by atoms with E-state index in [9.17, 15) is 5.11 Å². The quantitative estimate of drug-likeness (QED) is 0.838. The van der Waals surface area contributed by atoms with Gasteiger partial charge in [-0.25, -0.2) is 0 Å². The number of phenolic OH excluding ortho intramolecular Hbond substituents is 1. The van der Waals surface area contributed by atoms with E-state index >= 15 is 0 Å². The molecule has 26 heavy (non-hydrogen) atoms. The van der Waals surface area contributed by atoms with E-state index in [0.717, 1.165) is 23.0 Å². The van der Waals surface area contributed by atoms with Crippen LogP contribution < -0.4 is 4.74 Å². The molecule has 7 heteroatoms. The van der Waals surface area contributed by atoms with E-state index in [4.69, 9.17) is 21.3 Å². The standard InChI is InChI=1S/C19H20ClN3O2S/c1-3-25-16-8-12(13(20)9-15(16)24)18-17(14-6-4-5-7-21-14)22-19-23(18)10-11(2)26-19/h4-9,11,17-18,24H,3,10H2,1-2H3. The van der Waals surface area contributed by atoms with Crippen molar-refractivity contribution in [1.82, 2.24) is 9.88 Å². The van der Waals surface area contributed by atoms with Crippen molar-refractivity contribution in [2.24, 2.45) is 4.99 Å². The number of aromatic nitrogens is 1. The van der Waals surface area contributed by atoms with Gasteiger partial charge in [0.15, 0.2) is 16.7 Å². The summed E-state index contributed by atoms with van der Waals surface area (Å²) in [7, 11) is 0. The molecule has 2 aliphatic heterocycles. The molecule has 1 saturated heterocycles. The van der Waals surface area contributed by atoms with E-state index < -0.39 is 0 Å². The third-order valence-electron chi connectivity index (χ3n) is 4.58. The van der Waals surface area contributed by atoms with Gasteiger partial charge in [-0.3, -0.25) is 9.98 Å². The number of halogens is 1. The summed E-state index contributed by atoms with van der Waals surface area (Å²) in [5.74, 6) is 0.498. The van der Waals surface area contributed by atoms with Crippen molar-refractivity contribution < 1.29 is 9.84 Å². The number of pyridine rings is 1. The monoisotopic (exact) mass is 389 g/mol. The Labute approximate surface area is 162 Å². The number of nitrogens with zero attached hydrogens (tertiary/aromatic N) is 3. The normalized spacial score (nSPS) is 24.5. The Morgan fingerprint density at radius 1 is 1.38 bits per heavy atom. The van der Waals surface area contributed by atoms with Gasteiger partial charge in [0, 0.05) is 29.1 Å². The van der Waals surface area contributed by atoms with Crippen LogP contribution in [0.2, 0.25) is 5.02 Å². The Morgan fingerprint density at radius 2 is 2.23 bits per heavy atom. The summed E-state index contributed by atoms with van der Waals surface area (Å²) in [4.78, 5) is 11.8. The molecule has 0 radical (unpaired) electrons. The maximum Gasteiger partial charge on any atom is 0.161 e. The first-order valence-corrected chi connectivity index (χ1v) is 9.91. The van der Waals surface area contributed by atoms with Crippen molar-refractivity contribution >= 4 is 28.5 Å². The van der Waals surface area contributed by atoms with Gasteiger partial charge in [-0.05, 0) is 30.7 Å². The highest BCUT2D eigenvalue weighted by Gasteiger charge is 2.44. The van der Waals surface area contributed by atoms with Gasteiger partial charge in [-0.1, -0.05) is 36.4 Å². The molecule has 0 bridgehead atoms. The summed E-state index contributed by atoms with van der Waals surface area (Å²) in [5, 5.41) is 12.1. The van der Waals surface area contributed by atoms with E-state index in [2.05, 4.69) is 16.8 Å². The third kappa shape index (κ3) is 3.01. The van der Waals surface area contributed by atoms with Crippen LogP contribution in [0.25, 0.3) is 0 Å². The molecule has 1 fully saturated rings. The smallest absolute Gasteiger partial charge is 0.161 e. The molecule has 0 saturated carbocycles. The lowest BCUT2D eigenvalue weighted by molar-refractivity contribution is 0.306. The van der Waals surface area contributed by atoms with Crippen LogP contribution in [0.1, 0.15) is 37.2 Å². The first-order valence-electron chi connectivity index (χ1n) is 8.65. The second-order valence-corrected chi connectivity index (χ2v) is 8.22. The number of phenols is 1. The fourth-order valence-corrected chi connectivity index (χ4v) is 4.87. The zero-order valence-electron chi connectivity index (χ0n) is 14.6. The van der Waals surface area contributed by atoms with Crippen molar-refractivity contribution in [2.75, 3.05) is 13.2 Å². The first kappa shape index (κ1) is 17.5. The molecule has 5 nitrogen and oxygen atoms in total. The summed E-state index contributed by atoms with van der Waals surface area (Å²) in [6.45, 7) is 5.46. The molecular weight excluding hydrogens is 370 g/mol. The van der Waals surface area contributed by atoms with Gasteiger partial charge in [0.05, 0.1) is 18.3 Å². The number of benzene rings is 1. The van der Waals surface area contributed by atoms with Crippen LogP contribution in [0.3, 0.4) is 0 Å². The molecule has 3 atom stereocenters. The highest BCUT2D eigenvalue weighted by Crippen LogP contribution is 2.50. The van der Waals surface area contributed by atoms with Crippen LogP contribution in [0, 0.1) is 0 Å². The van der Waals surface area contributed by atoms with E-state index in [0.29, 0.717) is 22.6 Å². The highest BCUT2D eigenvalue weighted by molar-refractivity contribution is 8.14. The van der Waals surface area contributed by atoms with Gasteiger partial charge in [0.2, 0.25) is 0 Å². The minimum Gasteiger partial charge on any atom is -0.504 e. The Balaban J connectivity index is 1.81. The Hall–Kier alpha value is -1.92. The lowest BCUT2D eigenvalue weighted by Crippen LogP contribution is -2.28. The topological polar surface area (TPSA) is 58.0 Å². The molecule has 2 aromatic rings. The molecule has 3 unspecified atom stereocenters. The average Bonchev–Trinajstić information content (AvgIpc) is 3.14. The van der Waals surface area contributed by atoms with Crippen molar-refractivity contribution in [2.45, 2.75) is 31.2 Å². The molecule has 0 spiro atoms. The summed E-state index contributed by atoms with van der Waals surface area (Å²) >= 11 is 8.32. The minimum absolute atomic E-state index is 0.0540. The van der Waals surface area contributed by atoms with Gasteiger partial charge >= 0.3 is 0 Å². The average molecular weight is 390 g/mol. The summed E-state index contributed by atoms with van der Waals surface area (Å²) in [6, 6.07) is 9.07. The summed E-state index contributed by atoms with van der Waals surface area (Å²) < 4.78 is 5.58. The molecule has 3 heterocycles. The zero-order chi connectivity index (χ0) is 18.3. The maximum absolute atomic E-state index is 10.1. The first-order chi connectivity index (χ1) is 12.6. The number of ether oxygens (including phenoxy) is 1. The maximum atomic E-state index is 10.1. The summed E-state index contributed by atoms with van der Waals surface area (Å²) in [6.07, 6.45) is 1.79. The van der Waals surface area contributed by atoms with Crippen LogP contribution in [-0.2, 0) is 0 Å². The lowest BCUT2D eigenvalue weighted by Gasteiger charge is -2.28. The Morgan fingerprint density at radius 3 is 2.96 bits per heavy atom. The fourth-order valence-electron chi connectivity index (χ4n) is 3.51. The molecule has 2 aliphatic rings. The van der Waals surface area contributed by atoms with Crippen molar-refractivity contribution in [3.05, 3.63) is 52.8 Å². The SMILES string of the molecule is CCOc1cc(C2C(c3ccccn3)N=C3SC(C)CN32)c(Cl)cc1O. The molecule has 4 rings (SSSR count). The molecule has 0 amide bonds. The van der Waals surface area contributed by atoms with E-state index in [1.807, 2.05) is 31.2 Å². The van der Waals surface area contributed by atoms with Crippen LogP contribution in [0.4, 0.5) is 0 Å². The predicted molar refractivity (Wildman–Crippen MR) is 105 cm³/mol. The number of amidine groups is 1. The van der Waals surface area contributed by atoms with Crippen molar-refractivity contribution in [3.63, 3.8) is 0 Å². The van der Waals surface area contributed by atoms with Gasteiger partial charge in [0.25, 0.3) is 0 Å². The second-order valence-electron chi connectivity index (χ2n) is 6.41.